The summed E-state index contributed by atoms with van der Waals surface area (Å²) in [4.78, 5) is 41.3. The molecule has 0 heterocycles. The van der Waals surface area contributed by atoms with Crippen molar-refractivity contribution in [1.29, 1.82) is 0 Å². The summed E-state index contributed by atoms with van der Waals surface area (Å²) in [6.45, 7) is 0. The fourth-order valence-electron chi connectivity index (χ4n) is 0.591. The molecule has 8 nitrogen and oxygen atoms in total. The molecule has 0 aliphatic carbocycles. The minimum absolute atomic E-state index is 1.96. The van der Waals surface area contributed by atoms with Crippen LogP contribution in [0.5, 0.6) is 0 Å². The van der Waals surface area contributed by atoms with Gasteiger partial charge in [0.2, 0.25) is 0 Å². The number of nitrogens with two attached hydrogens (primary N) is 1. The van der Waals surface area contributed by atoms with Crippen LogP contribution in [0.25, 0.3) is 0 Å². The lowest BCUT2D eigenvalue weighted by Gasteiger charge is -2.14. The summed E-state index contributed by atoms with van der Waals surface area (Å²) >= 11 is 0. The van der Waals surface area contributed by atoms with E-state index in [1.54, 1.807) is 0 Å². The van der Waals surface area contributed by atoms with Gasteiger partial charge in [0.15, 0.2) is 0 Å². The second-order valence-corrected chi connectivity index (χ2v) is 2.03. The number of carbonyl (C=O) groups is 4. The summed E-state index contributed by atoms with van der Waals surface area (Å²) < 4.78 is 0. The van der Waals surface area contributed by atoms with Crippen LogP contribution >= 0.6 is 0 Å². The van der Waals surface area contributed by atoms with Crippen LogP contribution in [0.1, 0.15) is 0 Å². The number of carboxylic acid groups (broad SMARTS) is 3. The van der Waals surface area contributed by atoms with Gasteiger partial charge in [0.1, 0.15) is 0 Å². The Morgan fingerprint density at radius 3 is 1.08 bits per heavy atom. The number of amides is 1. The van der Waals surface area contributed by atoms with E-state index >= 15 is 0 Å². The first-order valence-corrected chi connectivity index (χ1v) is 2.78. The van der Waals surface area contributed by atoms with E-state index in [-0.39, 0.29) is 0 Å². The van der Waals surface area contributed by atoms with E-state index in [1.807, 2.05) is 0 Å². The predicted octanol–water partition coefficient (Wildman–Crippen LogP) is -2.29. The molecule has 0 aliphatic rings. The van der Waals surface area contributed by atoms with Crippen LogP contribution in [0.15, 0.2) is 0 Å². The van der Waals surface area contributed by atoms with Gasteiger partial charge < -0.3 is 21.1 Å². The van der Waals surface area contributed by atoms with Crippen molar-refractivity contribution in [2.45, 2.75) is 0 Å². The molecule has 0 radical (unpaired) electrons. The molecule has 8 heteroatoms. The summed E-state index contributed by atoms with van der Waals surface area (Å²) in [5.74, 6) is -8.96. The van der Waals surface area contributed by atoms with Gasteiger partial charge >= 0.3 is 23.3 Å². The van der Waals surface area contributed by atoms with Crippen molar-refractivity contribution in [3.63, 3.8) is 0 Å². The lowest BCUT2D eigenvalue weighted by Crippen LogP contribution is -2.55. The third-order valence-electron chi connectivity index (χ3n) is 1.33. The normalized spacial score (nSPS) is 10.5. The van der Waals surface area contributed by atoms with Crippen molar-refractivity contribution in [3.8, 4) is 0 Å². The molecule has 0 unspecified atom stereocenters. The first kappa shape index (κ1) is 10.9. The fraction of sp³-hybridized carbons (Fsp3) is 0.200. The number of aliphatic carboxylic acids is 3. The van der Waals surface area contributed by atoms with Crippen molar-refractivity contribution < 1.29 is 34.5 Å². The molecule has 0 saturated carbocycles. The number of hydrogen-bond donors (Lipinski definition) is 4. The summed E-state index contributed by atoms with van der Waals surface area (Å²) in [7, 11) is 0. The predicted molar refractivity (Wildman–Crippen MR) is 34.5 cm³/mol. The number of rotatable bonds is 4. The Morgan fingerprint density at radius 1 is 0.846 bits per heavy atom. The summed E-state index contributed by atoms with van der Waals surface area (Å²) in [5.41, 5.74) is 0.782. The van der Waals surface area contributed by atoms with Gasteiger partial charge in [-0.3, -0.25) is 4.79 Å². The monoisotopic (exact) mass is 191 g/mol. The van der Waals surface area contributed by atoms with Crippen LogP contribution in [0.2, 0.25) is 0 Å². The molecule has 0 aromatic rings. The second-order valence-electron chi connectivity index (χ2n) is 2.03. The highest BCUT2D eigenvalue weighted by molar-refractivity contribution is 6.32. The Labute approximate surface area is 70.6 Å². The van der Waals surface area contributed by atoms with Gasteiger partial charge in [-0.15, -0.1) is 0 Å². The Balaban J connectivity index is 5.60. The van der Waals surface area contributed by atoms with Crippen LogP contribution in [-0.4, -0.2) is 39.1 Å². The SMILES string of the molecule is NC(=O)C(C(=O)O)(C(=O)O)C(=O)O. The number of primary amides is 1. The van der Waals surface area contributed by atoms with Gasteiger partial charge in [-0.25, -0.2) is 14.4 Å². The molecule has 72 valence electrons. The smallest absolute Gasteiger partial charge is 0.342 e. The molecule has 0 bridgehead atoms. The third-order valence-corrected chi connectivity index (χ3v) is 1.33. The molecule has 0 spiro atoms. The van der Waals surface area contributed by atoms with Crippen molar-refractivity contribution in [2.24, 2.45) is 11.1 Å². The molecule has 5 N–H and O–H groups in total. The average molecular weight is 191 g/mol. The van der Waals surface area contributed by atoms with Crippen molar-refractivity contribution in [3.05, 3.63) is 0 Å². The molecule has 0 aromatic heterocycles. The Hall–Kier alpha value is -2.12. The highest BCUT2D eigenvalue weighted by Crippen LogP contribution is 2.17. The van der Waals surface area contributed by atoms with E-state index in [2.05, 4.69) is 5.73 Å². The van der Waals surface area contributed by atoms with E-state index < -0.39 is 29.2 Å². The molecule has 0 atom stereocenters. The number of hydrogen-bond acceptors (Lipinski definition) is 4. The molecule has 1 amide bonds. The van der Waals surface area contributed by atoms with Crippen molar-refractivity contribution in [1.82, 2.24) is 0 Å². The van der Waals surface area contributed by atoms with Crippen molar-refractivity contribution >= 4 is 23.8 Å². The Bertz CT molecular complexity index is 232. The van der Waals surface area contributed by atoms with Crippen LogP contribution in [0.3, 0.4) is 0 Å². The molecule has 0 saturated heterocycles. The molecule has 0 aromatic carbocycles. The quantitative estimate of drug-likeness (QED) is 0.364. The first-order chi connectivity index (χ1) is 5.77. The molecular formula is C5H5NO7. The van der Waals surface area contributed by atoms with Gasteiger partial charge in [-0.05, 0) is 0 Å². The zero-order valence-electron chi connectivity index (χ0n) is 6.05. The first-order valence-electron chi connectivity index (χ1n) is 2.78. The van der Waals surface area contributed by atoms with E-state index in [0.717, 1.165) is 0 Å². The second kappa shape index (κ2) is 3.09. The maximum atomic E-state index is 10.4. The maximum absolute atomic E-state index is 10.4. The fourth-order valence-corrected chi connectivity index (χ4v) is 0.591. The summed E-state index contributed by atoms with van der Waals surface area (Å²) in [6, 6.07) is 0. The van der Waals surface area contributed by atoms with Gasteiger partial charge in [-0.1, -0.05) is 0 Å². The summed E-state index contributed by atoms with van der Waals surface area (Å²) in [5, 5.41) is 24.8. The minimum Gasteiger partial charge on any atom is -0.480 e. The highest BCUT2D eigenvalue weighted by atomic mass is 16.4. The van der Waals surface area contributed by atoms with Crippen molar-refractivity contribution in [2.75, 3.05) is 0 Å². The van der Waals surface area contributed by atoms with Gasteiger partial charge in [0.25, 0.3) is 5.91 Å². The van der Waals surface area contributed by atoms with Crippen LogP contribution in [0, 0.1) is 5.41 Å². The molecule has 0 fully saturated rings. The Morgan fingerprint density at radius 2 is 1.08 bits per heavy atom. The largest absolute Gasteiger partial charge is 0.480 e. The lowest BCUT2D eigenvalue weighted by molar-refractivity contribution is -0.177. The Kier molecular flexibility index (Phi) is 2.59. The maximum Gasteiger partial charge on any atom is 0.342 e. The molecule has 0 aliphatic heterocycles. The van der Waals surface area contributed by atoms with Gasteiger partial charge in [0, 0.05) is 0 Å². The number of carbonyl (C=O) groups excluding carboxylic acids is 1. The minimum atomic E-state index is -3.61. The molecule has 0 rings (SSSR count). The van der Waals surface area contributed by atoms with Crippen LogP contribution < -0.4 is 5.73 Å². The van der Waals surface area contributed by atoms with Gasteiger partial charge in [-0.2, -0.15) is 0 Å². The molecular weight excluding hydrogens is 186 g/mol. The van der Waals surface area contributed by atoms with Gasteiger partial charge in [0.05, 0.1) is 0 Å². The summed E-state index contributed by atoms with van der Waals surface area (Å²) in [6.07, 6.45) is 0. The lowest BCUT2D eigenvalue weighted by atomic mass is 9.88. The van der Waals surface area contributed by atoms with E-state index in [1.165, 1.54) is 0 Å². The third kappa shape index (κ3) is 1.28. The number of carboxylic acids is 3. The van der Waals surface area contributed by atoms with Crippen LogP contribution in [-0.2, 0) is 19.2 Å². The highest BCUT2D eigenvalue weighted by Gasteiger charge is 2.60. The van der Waals surface area contributed by atoms with E-state index in [0.29, 0.717) is 0 Å². The van der Waals surface area contributed by atoms with Crippen LogP contribution in [0.4, 0.5) is 0 Å². The molecule has 13 heavy (non-hydrogen) atoms. The zero-order chi connectivity index (χ0) is 10.8. The van der Waals surface area contributed by atoms with E-state index in [9.17, 15) is 19.2 Å². The van der Waals surface area contributed by atoms with E-state index in [4.69, 9.17) is 15.3 Å². The zero-order valence-corrected chi connectivity index (χ0v) is 6.05. The standard InChI is InChI=1S/C5H5NO7/c6-1(7)5(2(8)9,3(10)11)4(12)13/h(H2,6,7)(H,8,9)(H,10,11)(H,12,13). The topological polar surface area (TPSA) is 155 Å². The average Bonchev–Trinajstić information content (AvgIpc) is 1.82.